The van der Waals surface area contributed by atoms with Crippen molar-refractivity contribution in [3.8, 4) is 0 Å². The number of rotatable bonds is 1. The molecule has 0 saturated carbocycles. The van der Waals surface area contributed by atoms with Crippen molar-refractivity contribution in [3.05, 3.63) is 19.8 Å². The van der Waals surface area contributed by atoms with Crippen LogP contribution in [-0.2, 0) is 0 Å². The molecule has 29 valence electrons. The summed E-state index contributed by atoms with van der Waals surface area (Å²) >= 11 is 0. The highest BCUT2D eigenvalue weighted by molar-refractivity contribution is 4.62. The van der Waals surface area contributed by atoms with E-state index in [0.717, 1.165) is 0 Å². The fraction of sp³-hybridized carbons (Fsp3) is 0.250. The Hall–Kier alpha value is -0.460. The van der Waals surface area contributed by atoms with Crippen molar-refractivity contribution in [3.63, 3.8) is 0 Å². The highest BCUT2D eigenvalue weighted by Gasteiger charge is 1.62. The molecule has 0 aliphatic rings. The fourth-order valence-electron chi connectivity index (χ4n) is 0. The lowest BCUT2D eigenvalue weighted by molar-refractivity contribution is 0.622. The third-order valence-electron chi connectivity index (χ3n) is 0.312. The summed E-state index contributed by atoms with van der Waals surface area (Å²) < 4.78 is 0. The van der Waals surface area contributed by atoms with Gasteiger partial charge in [-0.15, -0.1) is 0 Å². The molecule has 5 heavy (non-hydrogen) atoms. The van der Waals surface area contributed by atoms with E-state index in [1.54, 1.807) is 11.1 Å². The molecule has 1 nitrogen and oxygen atoms in total. The average Bonchev–Trinajstić information content (AvgIpc) is 1.38. The van der Waals surface area contributed by atoms with Gasteiger partial charge in [-0.25, -0.2) is 0 Å². The van der Waals surface area contributed by atoms with Gasteiger partial charge in [0.05, 0.1) is 0 Å². The van der Waals surface area contributed by atoms with Crippen LogP contribution in [0.1, 0.15) is 0 Å². The molecule has 0 aliphatic carbocycles. The monoisotopic (exact) mass is 70.1 g/mol. The molecule has 0 unspecified atom stereocenters. The van der Waals surface area contributed by atoms with Crippen molar-refractivity contribution in [1.29, 1.82) is 0 Å². The number of hydrogen-bond donors (Lipinski definition) is 0. The Kier molecular flexibility index (Phi) is 1.65. The van der Waals surface area contributed by atoms with Gasteiger partial charge in [-0.05, 0) is 6.20 Å². The van der Waals surface area contributed by atoms with E-state index in [1.165, 1.54) is 0 Å². The predicted molar refractivity (Wildman–Crippen MR) is 23.3 cm³/mol. The van der Waals surface area contributed by atoms with E-state index in [9.17, 15) is 0 Å². The summed E-state index contributed by atoms with van der Waals surface area (Å²) in [4.78, 5) is 1.64. The van der Waals surface area contributed by atoms with Gasteiger partial charge >= 0.3 is 0 Å². The van der Waals surface area contributed by atoms with E-state index in [2.05, 4.69) is 13.6 Å². The summed E-state index contributed by atoms with van der Waals surface area (Å²) in [6.07, 6.45) is 1.64. The van der Waals surface area contributed by atoms with Gasteiger partial charge in [0.25, 0.3) is 0 Å². The molecule has 0 spiro atoms. The maximum atomic E-state index is 3.47. The molecule has 0 heterocycles. The number of nitrogens with zero attached hydrogens (tertiary/aromatic N) is 1. The highest BCUT2D eigenvalue weighted by atomic mass is 15.0. The molecule has 1 heteroatoms. The standard InChI is InChI=1S/C4H8N/c1-4-5(2)3/h4H,1-2H2,3H3. The Morgan fingerprint density at radius 2 is 2.00 bits per heavy atom. The van der Waals surface area contributed by atoms with Gasteiger partial charge < -0.3 is 4.90 Å². The normalized spacial score (nSPS) is 6.80. The molecule has 0 bridgehead atoms. The van der Waals surface area contributed by atoms with Crippen LogP contribution in [0.2, 0.25) is 0 Å². The molecule has 0 rings (SSSR count). The minimum atomic E-state index is 1.64. The van der Waals surface area contributed by atoms with Crippen molar-refractivity contribution in [2.75, 3.05) is 7.05 Å². The summed E-state index contributed by atoms with van der Waals surface area (Å²) in [7, 11) is 5.30. The first-order valence-electron chi connectivity index (χ1n) is 1.43. The molecule has 0 aromatic heterocycles. The smallest absolute Gasteiger partial charge is 0.0344 e. The van der Waals surface area contributed by atoms with E-state index in [4.69, 9.17) is 0 Å². The zero-order valence-corrected chi connectivity index (χ0v) is 3.44. The van der Waals surface area contributed by atoms with Gasteiger partial charge in [-0.2, -0.15) is 0 Å². The zero-order valence-electron chi connectivity index (χ0n) is 3.44. The molecule has 0 aromatic rings. The Balaban J connectivity index is 2.83. The van der Waals surface area contributed by atoms with Crippen LogP contribution >= 0.6 is 0 Å². The van der Waals surface area contributed by atoms with Crippen molar-refractivity contribution in [2.24, 2.45) is 0 Å². The van der Waals surface area contributed by atoms with Crippen molar-refractivity contribution in [2.45, 2.75) is 0 Å². The van der Waals surface area contributed by atoms with Gasteiger partial charge in [0.1, 0.15) is 0 Å². The van der Waals surface area contributed by atoms with E-state index < -0.39 is 0 Å². The largest absolute Gasteiger partial charge is 0.379 e. The molecule has 1 radical (unpaired) electrons. The molecule has 0 aliphatic heterocycles. The maximum Gasteiger partial charge on any atom is 0.0344 e. The summed E-state index contributed by atoms with van der Waals surface area (Å²) in [5.74, 6) is 0. The topological polar surface area (TPSA) is 3.24 Å². The molecule has 0 aromatic carbocycles. The second kappa shape index (κ2) is 1.82. The minimum Gasteiger partial charge on any atom is -0.379 e. The third kappa shape index (κ3) is 3.54. The van der Waals surface area contributed by atoms with Gasteiger partial charge in [-0.3, -0.25) is 0 Å². The minimum absolute atomic E-state index is 1.64. The first-order valence-corrected chi connectivity index (χ1v) is 1.43. The van der Waals surface area contributed by atoms with Gasteiger partial charge in [0, 0.05) is 14.1 Å². The van der Waals surface area contributed by atoms with Crippen molar-refractivity contribution >= 4 is 0 Å². The molecule has 0 saturated heterocycles. The maximum absolute atomic E-state index is 3.47. The second-order valence-corrected chi connectivity index (χ2v) is 0.940. The van der Waals surface area contributed by atoms with E-state index in [-0.39, 0.29) is 0 Å². The first kappa shape index (κ1) is 4.54. The lowest BCUT2D eigenvalue weighted by Crippen LogP contribution is -1.93. The summed E-state index contributed by atoms with van der Waals surface area (Å²) in [6.45, 7) is 3.42. The molecular formula is C4H8N. The summed E-state index contributed by atoms with van der Waals surface area (Å²) in [5, 5.41) is 0. The lowest BCUT2D eigenvalue weighted by atomic mass is 10.9. The summed E-state index contributed by atoms with van der Waals surface area (Å²) in [5.41, 5.74) is 0. The van der Waals surface area contributed by atoms with E-state index >= 15 is 0 Å². The fourth-order valence-corrected chi connectivity index (χ4v) is 0. The van der Waals surface area contributed by atoms with E-state index in [0.29, 0.717) is 0 Å². The number of hydrogen-bond acceptors (Lipinski definition) is 1. The quantitative estimate of drug-likeness (QED) is 0.442. The predicted octanol–water partition coefficient (Wildman–Crippen LogP) is 0.853. The Morgan fingerprint density at radius 3 is 2.00 bits per heavy atom. The van der Waals surface area contributed by atoms with E-state index in [1.807, 2.05) is 7.05 Å². The Bertz CT molecular complexity index is 30.6. The van der Waals surface area contributed by atoms with Gasteiger partial charge in [0.2, 0.25) is 0 Å². The van der Waals surface area contributed by atoms with Crippen LogP contribution in [0.5, 0.6) is 0 Å². The third-order valence-corrected chi connectivity index (χ3v) is 0.312. The van der Waals surface area contributed by atoms with Crippen LogP contribution in [0.3, 0.4) is 0 Å². The van der Waals surface area contributed by atoms with Gasteiger partial charge in [0.15, 0.2) is 0 Å². The molecule has 0 amide bonds. The molecule has 0 fully saturated rings. The van der Waals surface area contributed by atoms with Gasteiger partial charge in [-0.1, -0.05) is 6.58 Å². The molecule has 0 atom stereocenters. The van der Waals surface area contributed by atoms with Crippen molar-refractivity contribution in [1.82, 2.24) is 4.90 Å². The Labute approximate surface area is 32.9 Å². The average molecular weight is 70.1 g/mol. The Morgan fingerprint density at radius 1 is 1.80 bits per heavy atom. The SMILES string of the molecule is [CH2]N(C)C=C. The van der Waals surface area contributed by atoms with Crippen LogP contribution in [0.4, 0.5) is 0 Å². The first-order chi connectivity index (χ1) is 2.27. The molecular weight excluding hydrogens is 62.1 g/mol. The zero-order chi connectivity index (χ0) is 4.28. The van der Waals surface area contributed by atoms with Crippen LogP contribution in [0.25, 0.3) is 0 Å². The van der Waals surface area contributed by atoms with Crippen LogP contribution in [-0.4, -0.2) is 11.9 Å². The summed E-state index contributed by atoms with van der Waals surface area (Å²) in [6, 6.07) is 0. The lowest BCUT2D eigenvalue weighted by Gasteiger charge is -1.97. The van der Waals surface area contributed by atoms with Crippen molar-refractivity contribution < 1.29 is 0 Å². The van der Waals surface area contributed by atoms with Crippen LogP contribution in [0, 0.1) is 7.05 Å². The van der Waals surface area contributed by atoms with Crippen LogP contribution in [0.15, 0.2) is 12.8 Å². The molecule has 0 N–H and O–H groups in total. The second-order valence-electron chi connectivity index (χ2n) is 0.940. The van der Waals surface area contributed by atoms with Crippen LogP contribution < -0.4 is 0 Å². The highest BCUT2D eigenvalue weighted by Crippen LogP contribution is 1.68.